The van der Waals surface area contributed by atoms with Gasteiger partial charge in [-0.15, -0.1) is 0 Å². The molecule has 2 aliphatic heterocycles. The molecule has 27 heavy (non-hydrogen) atoms. The lowest BCUT2D eigenvalue weighted by molar-refractivity contribution is -0.132. The Morgan fingerprint density at radius 1 is 1.00 bits per heavy atom. The van der Waals surface area contributed by atoms with Gasteiger partial charge in [0.15, 0.2) is 0 Å². The average molecular weight is 394 g/mol. The van der Waals surface area contributed by atoms with Crippen molar-refractivity contribution in [1.29, 1.82) is 0 Å². The summed E-state index contributed by atoms with van der Waals surface area (Å²) in [5.41, 5.74) is 0.998. The number of ether oxygens (including phenoxy) is 1. The number of nitrogens with zero attached hydrogens (tertiary/aromatic N) is 3. The third kappa shape index (κ3) is 5.36. The molecule has 7 heteroatoms. The van der Waals surface area contributed by atoms with Crippen molar-refractivity contribution in [2.45, 2.75) is 32.2 Å². The molecule has 0 unspecified atom stereocenters. The van der Waals surface area contributed by atoms with Gasteiger partial charge in [0.25, 0.3) is 0 Å². The molecule has 1 aromatic rings. The van der Waals surface area contributed by atoms with Gasteiger partial charge in [-0.05, 0) is 37.5 Å². The van der Waals surface area contributed by atoms with E-state index in [-0.39, 0.29) is 12.0 Å². The van der Waals surface area contributed by atoms with Crippen LogP contribution in [0.25, 0.3) is 0 Å². The summed E-state index contributed by atoms with van der Waals surface area (Å²) < 4.78 is 5.08. The van der Waals surface area contributed by atoms with E-state index >= 15 is 0 Å². The maximum Gasteiger partial charge on any atom is 0.409 e. The molecule has 2 heterocycles. The lowest BCUT2D eigenvalue weighted by Crippen LogP contribution is -2.55. The zero-order valence-electron chi connectivity index (χ0n) is 15.9. The van der Waals surface area contributed by atoms with E-state index in [9.17, 15) is 9.59 Å². The summed E-state index contributed by atoms with van der Waals surface area (Å²) >= 11 is 5.90. The molecule has 2 aliphatic rings. The van der Waals surface area contributed by atoms with Crippen LogP contribution in [0.3, 0.4) is 0 Å². The standard InChI is InChI=1S/C20H28ClN3O3/c1-2-27-20(26)24-9-7-18(8-10-24)22-11-13-23(14-12-22)19(25)15-16-3-5-17(21)6-4-16/h3-6,18H,2,7-15H2,1H3. The van der Waals surface area contributed by atoms with Crippen molar-refractivity contribution in [1.82, 2.24) is 14.7 Å². The third-order valence-electron chi connectivity index (χ3n) is 5.44. The molecule has 2 amide bonds. The van der Waals surface area contributed by atoms with Crippen molar-refractivity contribution < 1.29 is 14.3 Å². The largest absolute Gasteiger partial charge is 0.450 e. The number of carbonyl (C=O) groups excluding carboxylic acids is 2. The topological polar surface area (TPSA) is 53.1 Å². The van der Waals surface area contributed by atoms with Gasteiger partial charge in [-0.3, -0.25) is 9.69 Å². The van der Waals surface area contributed by atoms with E-state index in [4.69, 9.17) is 16.3 Å². The molecule has 6 nitrogen and oxygen atoms in total. The second-order valence-electron chi connectivity index (χ2n) is 7.14. The quantitative estimate of drug-likeness (QED) is 0.789. The highest BCUT2D eigenvalue weighted by Crippen LogP contribution is 2.19. The number of amides is 2. The summed E-state index contributed by atoms with van der Waals surface area (Å²) in [6.45, 7) is 7.09. The van der Waals surface area contributed by atoms with Gasteiger partial charge in [0.1, 0.15) is 0 Å². The fourth-order valence-corrected chi connectivity index (χ4v) is 3.98. The second kappa shape index (κ2) is 9.42. The second-order valence-corrected chi connectivity index (χ2v) is 7.57. The predicted molar refractivity (Wildman–Crippen MR) is 105 cm³/mol. The van der Waals surface area contributed by atoms with Gasteiger partial charge in [-0.2, -0.15) is 0 Å². The minimum absolute atomic E-state index is 0.175. The van der Waals surface area contributed by atoms with Crippen LogP contribution in [-0.2, 0) is 16.0 Å². The van der Waals surface area contributed by atoms with Crippen LogP contribution >= 0.6 is 11.6 Å². The molecule has 0 atom stereocenters. The van der Waals surface area contributed by atoms with Crippen molar-refractivity contribution in [3.63, 3.8) is 0 Å². The van der Waals surface area contributed by atoms with Gasteiger partial charge in [0.2, 0.25) is 5.91 Å². The van der Waals surface area contributed by atoms with Gasteiger partial charge in [0, 0.05) is 50.3 Å². The van der Waals surface area contributed by atoms with E-state index in [1.807, 2.05) is 36.1 Å². The Morgan fingerprint density at radius 2 is 1.63 bits per heavy atom. The first-order chi connectivity index (χ1) is 13.1. The molecule has 2 saturated heterocycles. The Labute approximate surface area is 166 Å². The molecule has 0 saturated carbocycles. The van der Waals surface area contributed by atoms with Crippen LogP contribution in [0.5, 0.6) is 0 Å². The van der Waals surface area contributed by atoms with E-state index in [0.29, 0.717) is 24.1 Å². The number of piperidine rings is 1. The molecule has 0 bridgehead atoms. The lowest BCUT2D eigenvalue weighted by Gasteiger charge is -2.42. The minimum Gasteiger partial charge on any atom is -0.450 e. The number of rotatable bonds is 4. The van der Waals surface area contributed by atoms with Crippen LogP contribution in [0.4, 0.5) is 4.79 Å². The van der Waals surface area contributed by atoms with Crippen LogP contribution in [0.15, 0.2) is 24.3 Å². The Bertz CT molecular complexity index is 636. The maximum absolute atomic E-state index is 12.5. The highest BCUT2D eigenvalue weighted by atomic mass is 35.5. The van der Waals surface area contributed by atoms with Crippen molar-refractivity contribution in [3.05, 3.63) is 34.9 Å². The van der Waals surface area contributed by atoms with E-state index in [1.165, 1.54) is 0 Å². The van der Waals surface area contributed by atoms with E-state index in [0.717, 1.165) is 57.7 Å². The van der Waals surface area contributed by atoms with Crippen LogP contribution in [-0.4, -0.2) is 78.6 Å². The molecule has 0 spiro atoms. The first-order valence-corrected chi connectivity index (χ1v) is 10.1. The van der Waals surface area contributed by atoms with E-state index in [2.05, 4.69) is 4.90 Å². The van der Waals surface area contributed by atoms with Gasteiger partial charge >= 0.3 is 6.09 Å². The number of benzene rings is 1. The summed E-state index contributed by atoms with van der Waals surface area (Å²) in [4.78, 5) is 30.6. The summed E-state index contributed by atoms with van der Waals surface area (Å²) in [7, 11) is 0. The number of hydrogen-bond acceptors (Lipinski definition) is 4. The van der Waals surface area contributed by atoms with Crippen molar-refractivity contribution in [2.24, 2.45) is 0 Å². The first kappa shape index (κ1) is 20.0. The highest BCUT2D eigenvalue weighted by molar-refractivity contribution is 6.30. The summed E-state index contributed by atoms with van der Waals surface area (Å²) in [6, 6.07) is 7.96. The van der Waals surface area contributed by atoms with E-state index < -0.39 is 0 Å². The highest BCUT2D eigenvalue weighted by Gasteiger charge is 2.30. The maximum atomic E-state index is 12.5. The molecule has 3 rings (SSSR count). The lowest BCUT2D eigenvalue weighted by atomic mass is 10.0. The smallest absolute Gasteiger partial charge is 0.409 e. The SMILES string of the molecule is CCOC(=O)N1CCC(N2CCN(C(=O)Cc3ccc(Cl)cc3)CC2)CC1. The molecule has 148 valence electrons. The molecular formula is C20H28ClN3O3. The van der Waals surface area contributed by atoms with Gasteiger partial charge in [0.05, 0.1) is 13.0 Å². The monoisotopic (exact) mass is 393 g/mol. The molecule has 0 aromatic heterocycles. The normalized spacial score (nSPS) is 19.2. The number of likely N-dealkylation sites (tertiary alicyclic amines) is 1. The molecule has 2 fully saturated rings. The first-order valence-electron chi connectivity index (χ1n) is 9.74. The Hall–Kier alpha value is -1.79. The molecule has 0 N–H and O–H groups in total. The summed E-state index contributed by atoms with van der Waals surface area (Å²) in [6.07, 6.45) is 2.16. The Kier molecular flexibility index (Phi) is 6.96. The Morgan fingerprint density at radius 3 is 2.22 bits per heavy atom. The molecular weight excluding hydrogens is 366 g/mol. The zero-order valence-corrected chi connectivity index (χ0v) is 16.7. The predicted octanol–water partition coefficient (Wildman–Crippen LogP) is 2.65. The number of halogens is 1. The van der Waals surface area contributed by atoms with Gasteiger partial charge in [-0.1, -0.05) is 23.7 Å². The van der Waals surface area contributed by atoms with Crippen molar-refractivity contribution in [2.75, 3.05) is 45.9 Å². The molecule has 0 radical (unpaired) electrons. The number of hydrogen-bond donors (Lipinski definition) is 0. The number of piperazine rings is 1. The fraction of sp³-hybridized carbons (Fsp3) is 0.600. The third-order valence-corrected chi connectivity index (χ3v) is 5.69. The van der Waals surface area contributed by atoms with Crippen LogP contribution in [0, 0.1) is 0 Å². The minimum atomic E-state index is -0.200. The fourth-order valence-electron chi connectivity index (χ4n) is 3.85. The van der Waals surface area contributed by atoms with Crippen LogP contribution in [0.1, 0.15) is 25.3 Å². The zero-order chi connectivity index (χ0) is 19.2. The summed E-state index contributed by atoms with van der Waals surface area (Å²) in [5.74, 6) is 0.175. The number of carbonyl (C=O) groups is 2. The molecule has 0 aliphatic carbocycles. The van der Waals surface area contributed by atoms with Gasteiger partial charge in [-0.25, -0.2) is 4.79 Å². The van der Waals surface area contributed by atoms with E-state index in [1.54, 1.807) is 4.90 Å². The Balaban J connectivity index is 1.42. The summed E-state index contributed by atoms with van der Waals surface area (Å²) in [5, 5.41) is 0.689. The van der Waals surface area contributed by atoms with Gasteiger partial charge < -0.3 is 14.5 Å². The van der Waals surface area contributed by atoms with Crippen molar-refractivity contribution in [3.8, 4) is 0 Å². The van der Waals surface area contributed by atoms with Crippen LogP contribution < -0.4 is 0 Å². The average Bonchev–Trinajstić information content (AvgIpc) is 2.70. The molecule has 1 aromatic carbocycles. The van der Waals surface area contributed by atoms with Crippen LogP contribution in [0.2, 0.25) is 5.02 Å². The van der Waals surface area contributed by atoms with Crippen molar-refractivity contribution >= 4 is 23.6 Å².